The van der Waals surface area contributed by atoms with Crippen molar-refractivity contribution in [2.24, 2.45) is 0 Å². The average Bonchev–Trinajstić information content (AvgIpc) is 2.79. The van der Waals surface area contributed by atoms with Crippen LogP contribution in [0.15, 0.2) is 60.7 Å². The number of hydrogen-bond donors (Lipinski definition) is 0. The zero-order chi connectivity index (χ0) is 13.5. The first-order valence-electron chi connectivity index (χ1n) is 5.74. The van der Waals surface area contributed by atoms with Gasteiger partial charge in [0.1, 0.15) is 10.5 Å². The van der Waals surface area contributed by atoms with Gasteiger partial charge in [0, 0.05) is 17.0 Å². The lowest BCUT2D eigenvalue weighted by atomic mass is 10.2. The molecule has 1 aromatic heterocycles. The molecular weight excluding hydrogens is 305 g/mol. The van der Waals surface area contributed by atoms with Crippen molar-refractivity contribution in [2.45, 2.75) is 5.51 Å². The third kappa shape index (κ3) is 2.53. The van der Waals surface area contributed by atoms with E-state index in [0.29, 0.717) is 20.5 Å². The average molecular weight is 316 g/mol. The van der Waals surface area contributed by atoms with E-state index < -0.39 is 16.0 Å². The van der Waals surface area contributed by atoms with Crippen LogP contribution in [-0.4, -0.2) is 0 Å². The van der Waals surface area contributed by atoms with Gasteiger partial charge in [-0.05, 0) is 24.3 Å². The second kappa shape index (κ2) is 5.46. The summed E-state index contributed by atoms with van der Waals surface area (Å²) < 4.78 is 40.4. The van der Waals surface area contributed by atoms with E-state index in [4.69, 9.17) is 0 Å². The van der Waals surface area contributed by atoms with Gasteiger partial charge in [0.05, 0.1) is 0 Å². The highest BCUT2D eigenvalue weighted by molar-refractivity contribution is 7.41. The summed E-state index contributed by atoms with van der Waals surface area (Å²) in [7, 11) is -1.85. The molecule has 5 heteroatoms. The van der Waals surface area contributed by atoms with Crippen molar-refractivity contribution >= 4 is 33.0 Å². The number of alkyl halides is 3. The van der Waals surface area contributed by atoms with Crippen molar-refractivity contribution in [2.75, 3.05) is 0 Å². The molecule has 0 amide bonds. The van der Waals surface area contributed by atoms with Crippen LogP contribution in [0.5, 0.6) is 0 Å². The summed E-state index contributed by atoms with van der Waals surface area (Å²) in [4.78, 5) is 0.356. The van der Waals surface area contributed by atoms with Gasteiger partial charge in [-0.1, -0.05) is 30.3 Å². The van der Waals surface area contributed by atoms with Gasteiger partial charge in [-0.25, -0.2) is 0 Å². The molecule has 0 radical (unpaired) electrons. The molecule has 0 saturated carbocycles. The van der Waals surface area contributed by atoms with Gasteiger partial charge in [0.15, 0.2) is 9.58 Å². The molecular formula is C15H11ClF3S+. The molecule has 0 aliphatic heterocycles. The van der Waals surface area contributed by atoms with Crippen molar-refractivity contribution in [1.29, 1.82) is 0 Å². The Balaban J connectivity index is 0.00000147. The van der Waals surface area contributed by atoms with E-state index in [0.717, 1.165) is 0 Å². The molecule has 0 aliphatic rings. The Morgan fingerprint density at radius 1 is 0.800 bits per heavy atom. The minimum Gasteiger partial charge on any atom is -0.147 e. The summed E-state index contributed by atoms with van der Waals surface area (Å²) >= 11 is 0. The van der Waals surface area contributed by atoms with Crippen LogP contribution in [0.4, 0.5) is 13.2 Å². The van der Waals surface area contributed by atoms with Crippen molar-refractivity contribution in [1.82, 2.24) is 0 Å². The van der Waals surface area contributed by atoms with Crippen LogP contribution in [-0.2, 0) is 5.51 Å². The van der Waals surface area contributed by atoms with Crippen LogP contribution >= 0.6 is 22.9 Å². The minimum atomic E-state index is -4.24. The van der Waals surface area contributed by atoms with Crippen LogP contribution in [0.1, 0.15) is 0 Å². The highest BCUT2D eigenvalue weighted by atomic mass is 35.5. The lowest BCUT2D eigenvalue weighted by Crippen LogP contribution is -1.96. The molecule has 1 unspecified atom stereocenters. The van der Waals surface area contributed by atoms with E-state index in [2.05, 4.69) is 0 Å². The summed E-state index contributed by atoms with van der Waals surface area (Å²) in [6.07, 6.45) is 0. The normalized spacial score (nSPS) is 12.2. The highest BCUT2D eigenvalue weighted by Crippen LogP contribution is 2.54. The molecule has 0 fully saturated rings. The maximum Gasteiger partial charge on any atom is 0.601 e. The van der Waals surface area contributed by atoms with E-state index in [9.17, 15) is 13.2 Å². The molecule has 1 atom stereocenters. The van der Waals surface area contributed by atoms with E-state index in [-0.39, 0.29) is 12.4 Å². The molecule has 104 valence electrons. The number of thiophene rings is 1. The van der Waals surface area contributed by atoms with Crippen molar-refractivity contribution in [3.05, 3.63) is 60.7 Å². The zero-order valence-electron chi connectivity index (χ0n) is 10.2. The van der Waals surface area contributed by atoms with Crippen LogP contribution in [0, 0.1) is 0 Å². The monoisotopic (exact) mass is 315 g/mol. The number of halogens is 4. The molecule has 2 aromatic carbocycles. The van der Waals surface area contributed by atoms with Gasteiger partial charge in [0.2, 0.25) is 0 Å². The second-order valence-corrected chi connectivity index (χ2v) is 6.12. The fraction of sp³-hybridized carbons (Fsp3) is 0.0667. The summed E-state index contributed by atoms with van der Waals surface area (Å²) in [6, 6.07) is 17.2. The molecule has 0 bridgehead atoms. The Hall–Kier alpha value is -1.52. The molecule has 20 heavy (non-hydrogen) atoms. The van der Waals surface area contributed by atoms with E-state index >= 15 is 0 Å². The van der Waals surface area contributed by atoms with Crippen molar-refractivity contribution in [3.63, 3.8) is 0 Å². The summed E-state index contributed by atoms with van der Waals surface area (Å²) in [5, 5.41) is 0.669. The van der Waals surface area contributed by atoms with Crippen LogP contribution in [0.3, 0.4) is 0 Å². The quantitative estimate of drug-likeness (QED) is 0.472. The summed E-state index contributed by atoms with van der Waals surface area (Å²) in [5.41, 5.74) is -3.60. The maximum atomic E-state index is 13.3. The first-order valence-corrected chi connectivity index (χ1v) is 6.97. The molecule has 0 aliphatic carbocycles. The fourth-order valence-corrected chi connectivity index (χ4v) is 4.09. The Kier molecular flexibility index (Phi) is 4.06. The predicted molar refractivity (Wildman–Crippen MR) is 80.4 cm³/mol. The largest absolute Gasteiger partial charge is 0.601 e. The summed E-state index contributed by atoms with van der Waals surface area (Å²) in [6.45, 7) is 0. The molecule has 0 saturated heterocycles. The number of rotatable bonds is 1. The van der Waals surface area contributed by atoms with Crippen molar-refractivity contribution < 1.29 is 13.2 Å². The van der Waals surface area contributed by atoms with Gasteiger partial charge in [-0.15, -0.1) is 25.6 Å². The maximum absolute atomic E-state index is 13.3. The standard InChI is InChI=1S/C15H10F3S.ClH/c16-15(17,18)19-13-9-5-4-8-12(13)10-14(19)11-6-2-1-3-7-11;/h1-10H;1H/q+1;. The third-order valence-corrected chi connectivity index (χ3v) is 5.00. The lowest BCUT2D eigenvalue weighted by Gasteiger charge is -2.00. The second-order valence-electron chi connectivity index (χ2n) is 4.16. The number of hydrogen-bond acceptors (Lipinski definition) is 0. The first-order chi connectivity index (χ1) is 9.07. The summed E-state index contributed by atoms with van der Waals surface area (Å²) in [5.74, 6) is 0. The highest BCUT2D eigenvalue weighted by Gasteiger charge is 2.48. The topological polar surface area (TPSA) is 0 Å². The molecule has 3 aromatic rings. The smallest absolute Gasteiger partial charge is 0.147 e. The van der Waals surface area contributed by atoms with Crippen LogP contribution in [0.25, 0.3) is 20.5 Å². The van der Waals surface area contributed by atoms with Gasteiger partial charge in [-0.2, -0.15) is 0 Å². The number of benzene rings is 2. The molecule has 0 N–H and O–H groups in total. The van der Waals surface area contributed by atoms with E-state index in [1.165, 1.54) is 0 Å². The minimum absolute atomic E-state index is 0. The Labute approximate surface area is 123 Å². The molecule has 3 rings (SSSR count). The van der Waals surface area contributed by atoms with Crippen LogP contribution in [0.2, 0.25) is 0 Å². The first kappa shape index (κ1) is 14.9. The zero-order valence-corrected chi connectivity index (χ0v) is 11.9. The lowest BCUT2D eigenvalue weighted by molar-refractivity contribution is -0.0864. The Bertz CT molecular complexity index is 717. The fourth-order valence-electron chi connectivity index (χ4n) is 2.16. The van der Waals surface area contributed by atoms with E-state index in [1.807, 2.05) is 0 Å². The third-order valence-electron chi connectivity index (χ3n) is 2.94. The van der Waals surface area contributed by atoms with Gasteiger partial charge < -0.3 is 0 Å². The molecule has 0 nitrogen and oxygen atoms in total. The predicted octanol–water partition coefficient (Wildman–Crippen LogP) is 6.15. The van der Waals surface area contributed by atoms with Gasteiger partial charge in [0.25, 0.3) is 0 Å². The Morgan fingerprint density at radius 2 is 1.40 bits per heavy atom. The van der Waals surface area contributed by atoms with Gasteiger partial charge in [-0.3, -0.25) is 0 Å². The van der Waals surface area contributed by atoms with Gasteiger partial charge >= 0.3 is 5.51 Å². The molecule has 0 spiro atoms. The van der Waals surface area contributed by atoms with Crippen molar-refractivity contribution in [3.8, 4) is 10.4 Å². The SMILES string of the molecule is Cl.FC(F)(F)[s+]1c(-c2ccccc2)cc2ccccc21. The molecule has 1 heterocycles. The number of fused-ring (bicyclic) bond motifs is 1. The van der Waals surface area contributed by atoms with Crippen LogP contribution < -0.4 is 0 Å². The van der Waals surface area contributed by atoms with E-state index in [1.54, 1.807) is 60.7 Å². The Morgan fingerprint density at radius 3 is 2.05 bits per heavy atom.